The maximum atomic E-state index is 2.36. The molecule has 0 bridgehead atoms. The van der Waals surface area contributed by atoms with Crippen LogP contribution in [-0.2, 0) is 0 Å². The van der Waals surface area contributed by atoms with Crippen LogP contribution in [0.25, 0.3) is 0 Å². The van der Waals surface area contributed by atoms with E-state index in [2.05, 4.69) is 34.1 Å². The van der Waals surface area contributed by atoms with Crippen molar-refractivity contribution in [2.75, 3.05) is 0 Å². The van der Waals surface area contributed by atoms with Crippen LogP contribution in [0.2, 0.25) is 0 Å². The van der Waals surface area contributed by atoms with Gasteiger partial charge in [0.15, 0.2) is 0 Å². The van der Waals surface area contributed by atoms with Crippen LogP contribution < -0.4 is 0 Å². The summed E-state index contributed by atoms with van der Waals surface area (Å²) < 4.78 is 0. The van der Waals surface area contributed by atoms with Gasteiger partial charge < -0.3 is 0 Å². The van der Waals surface area contributed by atoms with Gasteiger partial charge in [0.25, 0.3) is 0 Å². The molecule has 0 fully saturated rings. The van der Waals surface area contributed by atoms with Crippen LogP contribution in [0.1, 0.15) is 47.0 Å². The first-order chi connectivity index (χ1) is 4.72. The van der Waals surface area contributed by atoms with Crippen molar-refractivity contribution < 1.29 is 0 Å². The molecule has 0 aliphatic rings. The van der Waals surface area contributed by atoms with Gasteiger partial charge in [0.05, 0.1) is 0 Å². The smallest absolute Gasteiger partial charge is 0.0417 e. The molecule has 61 valence electrons. The van der Waals surface area contributed by atoms with Crippen molar-refractivity contribution >= 4 is 0 Å². The van der Waals surface area contributed by atoms with Crippen molar-refractivity contribution in [3.63, 3.8) is 0 Å². The van der Waals surface area contributed by atoms with E-state index in [1.807, 2.05) is 0 Å². The lowest BCUT2D eigenvalue weighted by Crippen LogP contribution is -2.06. The van der Waals surface area contributed by atoms with Crippen LogP contribution in [0.3, 0.4) is 0 Å². The Morgan fingerprint density at radius 3 is 2.20 bits per heavy atom. The molecule has 0 aromatic heterocycles. The van der Waals surface area contributed by atoms with E-state index < -0.39 is 0 Å². The highest BCUT2D eigenvalue weighted by atomic mass is 14.1. The Hall–Kier alpha value is 0. The molecule has 0 spiro atoms. The number of hydrogen-bond acceptors (Lipinski definition) is 0. The van der Waals surface area contributed by atoms with Gasteiger partial charge in [-0.3, -0.25) is 0 Å². The summed E-state index contributed by atoms with van der Waals surface area (Å²) >= 11 is 0. The molecule has 0 aromatic rings. The van der Waals surface area contributed by atoms with Crippen LogP contribution in [0.5, 0.6) is 0 Å². The fourth-order valence-corrected chi connectivity index (χ4v) is 1.12. The van der Waals surface area contributed by atoms with Crippen LogP contribution >= 0.6 is 0 Å². The predicted molar refractivity (Wildman–Crippen MR) is 47.8 cm³/mol. The molecule has 0 rings (SSSR count). The van der Waals surface area contributed by atoms with E-state index in [0.717, 1.165) is 11.8 Å². The topological polar surface area (TPSA) is 0 Å². The van der Waals surface area contributed by atoms with Crippen LogP contribution in [-0.4, -0.2) is 0 Å². The van der Waals surface area contributed by atoms with Gasteiger partial charge in [0.2, 0.25) is 0 Å². The molecule has 0 amide bonds. The normalized spacial score (nSPS) is 16.8. The number of hydrogen-bond donors (Lipinski definition) is 0. The SMILES string of the molecule is C[CH]CCC(C)C(C)CC. The third kappa shape index (κ3) is 3.92. The van der Waals surface area contributed by atoms with Crippen molar-refractivity contribution in [1.29, 1.82) is 0 Å². The first kappa shape index (κ1) is 10.0. The van der Waals surface area contributed by atoms with Crippen molar-refractivity contribution in [1.82, 2.24) is 0 Å². The molecule has 0 aliphatic heterocycles. The van der Waals surface area contributed by atoms with Gasteiger partial charge in [-0.15, -0.1) is 0 Å². The van der Waals surface area contributed by atoms with E-state index in [0.29, 0.717) is 0 Å². The lowest BCUT2D eigenvalue weighted by molar-refractivity contribution is 0.354. The minimum atomic E-state index is 0.903. The summed E-state index contributed by atoms with van der Waals surface area (Å²) in [5.41, 5.74) is 0. The van der Waals surface area contributed by atoms with Crippen LogP contribution in [0.15, 0.2) is 0 Å². The van der Waals surface area contributed by atoms with Gasteiger partial charge in [-0.1, -0.05) is 47.0 Å². The molecule has 1 radical (unpaired) electrons. The third-order valence-corrected chi connectivity index (χ3v) is 2.53. The van der Waals surface area contributed by atoms with Gasteiger partial charge in [0, 0.05) is 0 Å². The van der Waals surface area contributed by atoms with Gasteiger partial charge >= 0.3 is 0 Å². The van der Waals surface area contributed by atoms with Crippen molar-refractivity contribution in [2.24, 2.45) is 11.8 Å². The Morgan fingerprint density at radius 2 is 1.80 bits per heavy atom. The van der Waals surface area contributed by atoms with Crippen LogP contribution in [0.4, 0.5) is 0 Å². The zero-order valence-electron chi connectivity index (χ0n) is 7.85. The number of unbranched alkanes of at least 4 members (excludes halogenated alkanes) is 1. The molecular formula is C10H21. The molecule has 0 heteroatoms. The van der Waals surface area contributed by atoms with Crippen molar-refractivity contribution in [3.05, 3.63) is 6.42 Å². The highest BCUT2D eigenvalue weighted by molar-refractivity contribution is 4.64. The van der Waals surface area contributed by atoms with E-state index in [1.54, 1.807) is 0 Å². The molecule has 0 aromatic carbocycles. The lowest BCUT2D eigenvalue weighted by Gasteiger charge is -2.17. The second-order valence-electron chi connectivity index (χ2n) is 3.35. The first-order valence-corrected chi connectivity index (χ1v) is 4.50. The summed E-state index contributed by atoms with van der Waals surface area (Å²) in [7, 11) is 0. The van der Waals surface area contributed by atoms with Gasteiger partial charge in [-0.2, -0.15) is 0 Å². The van der Waals surface area contributed by atoms with E-state index in [4.69, 9.17) is 0 Å². The Kier molecular flexibility index (Phi) is 5.76. The summed E-state index contributed by atoms with van der Waals surface area (Å²) in [5.74, 6) is 1.81. The fraction of sp³-hybridized carbons (Fsp3) is 0.900. The molecule has 0 heterocycles. The van der Waals surface area contributed by atoms with Crippen molar-refractivity contribution in [3.8, 4) is 0 Å². The average molecular weight is 141 g/mol. The summed E-state index contributed by atoms with van der Waals surface area (Å²) in [6.45, 7) is 9.12. The fourth-order valence-electron chi connectivity index (χ4n) is 1.12. The predicted octanol–water partition coefficient (Wildman–Crippen LogP) is 3.67. The zero-order valence-corrected chi connectivity index (χ0v) is 7.85. The van der Waals surface area contributed by atoms with Gasteiger partial charge in [-0.05, 0) is 18.3 Å². The lowest BCUT2D eigenvalue weighted by atomic mass is 9.89. The Bertz CT molecular complexity index is 66.4. The van der Waals surface area contributed by atoms with Crippen LogP contribution in [0, 0.1) is 18.3 Å². The molecular weight excluding hydrogens is 120 g/mol. The van der Waals surface area contributed by atoms with E-state index >= 15 is 0 Å². The Morgan fingerprint density at radius 1 is 1.20 bits per heavy atom. The summed E-state index contributed by atoms with van der Waals surface area (Å²) in [6.07, 6.45) is 6.24. The summed E-state index contributed by atoms with van der Waals surface area (Å²) in [6, 6.07) is 0. The Balaban J connectivity index is 3.31. The zero-order chi connectivity index (χ0) is 7.98. The molecule has 2 unspecified atom stereocenters. The molecule has 0 aliphatic carbocycles. The van der Waals surface area contributed by atoms with E-state index in [-0.39, 0.29) is 0 Å². The highest BCUT2D eigenvalue weighted by Crippen LogP contribution is 2.19. The van der Waals surface area contributed by atoms with Gasteiger partial charge in [-0.25, -0.2) is 0 Å². The highest BCUT2D eigenvalue weighted by Gasteiger charge is 2.08. The largest absolute Gasteiger partial charge is 0.0651 e. The summed E-state index contributed by atoms with van der Waals surface area (Å²) in [5, 5.41) is 0. The van der Waals surface area contributed by atoms with E-state index in [9.17, 15) is 0 Å². The first-order valence-electron chi connectivity index (χ1n) is 4.50. The summed E-state index contributed by atoms with van der Waals surface area (Å²) in [4.78, 5) is 0. The van der Waals surface area contributed by atoms with Gasteiger partial charge in [0.1, 0.15) is 0 Å². The minimum Gasteiger partial charge on any atom is -0.0651 e. The quantitative estimate of drug-likeness (QED) is 0.548. The molecule has 0 saturated heterocycles. The molecule has 0 saturated carbocycles. The van der Waals surface area contributed by atoms with E-state index in [1.165, 1.54) is 19.3 Å². The molecule has 0 nitrogen and oxygen atoms in total. The molecule has 2 atom stereocenters. The molecule has 0 N–H and O–H groups in total. The van der Waals surface area contributed by atoms with Crippen molar-refractivity contribution in [2.45, 2.75) is 47.0 Å². The second-order valence-corrected chi connectivity index (χ2v) is 3.35. The second kappa shape index (κ2) is 5.76. The maximum absolute atomic E-state index is 2.36. The standard InChI is InChI=1S/C10H21/c1-5-7-8-10(4)9(3)6-2/h5,9-10H,6-8H2,1-4H3. The molecule has 10 heavy (non-hydrogen) atoms. The monoisotopic (exact) mass is 141 g/mol. The number of rotatable bonds is 5. The Labute approximate surface area is 66.0 Å². The average Bonchev–Trinajstić information content (AvgIpc) is 1.98. The third-order valence-electron chi connectivity index (χ3n) is 2.53. The minimum absolute atomic E-state index is 0.903. The maximum Gasteiger partial charge on any atom is -0.0417 e.